The van der Waals surface area contributed by atoms with Gasteiger partial charge in [0.15, 0.2) is 0 Å². The van der Waals surface area contributed by atoms with Gasteiger partial charge in [0.25, 0.3) is 5.92 Å². The Morgan fingerprint density at radius 1 is 1.36 bits per heavy atom. The number of hydrogen-bond donors (Lipinski definition) is 1. The molecule has 0 amide bonds. The maximum absolute atomic E-state index is 13.6. The Morgan fingerprint density at radius 2 is 2.05 bits per heavy atom. The molecule has 0 unspecified atom stereocenters. The van der Waals surface area contributed by atoms with E-state index in [0.29, 0.717) is 5.70 Å². The third kappa shape index (κ3) is 4.06. The van der Waals surface area contributed by atoms with Crippen molar-refractivity contribution in [3.05, 3.63) is 47.2 Å². The van der Waals surface area contributed by atoms with Crippen LogP contribution in [0.5, 0.6) is 0 Å². The van der Waals surface area contributed by atoms with Crippen LogP contribution in [-0.4, -0.2) is 18.5 Å². The molecule has 5 heteroatoms. The molecule has 22 heavy (non-hydrogen) atoms. The molecule has 1 aliphatic rings. The summed E-state index contributed by atoms with van der Waals surface area (Å²) in [4.78, 5) is 12.0. The third-order valence-corrected chi connectivity index (χ3v) is 3.75. The summed E-state index contributed by atoms with van der Waals surface area (Å²) in [5, 5.41) is 3.21. The highest BCUT2D eigenvalue weighted by molar-refractivity contribution is 5.89. The topological polar surface area (TPSA) is 38.3 Å². The first-order valence-corrected chi connectivity index (χ1v) is 7.51. The number of nitrogens with one attached hydrogen (secondary N) is 1. The zero-order valence-corrected chi connectivity index (χ0v) is 12.9. The number of rotatable bonds is 5. The summed E-state index contributed by atoms with van der Waals surface area (Å²) >= 11 is 0. The predicted molar refractivity (Wildman–Crippen MR) is 80.4 cm³/mol. The van der Waals surface area contributed by atoms with E-state index in [2.05, 4.69) is 5.32 Å². The lowest BCUT2D eigenvalue weighted by molar-refractivity contribution is -0.140. The second-order valence-corrected chi connectivity index (χ2v) is 5.49. The van der Waals surface area contributed by atoms with E-state index in [1.165, 1.54) is 0 Å². The van der Waals surface area contributed by atoms with E-state index in [0.717, 1.165) is 5.56 Å². The van der Waals surface area contributed by atoms with Crippen LogP contribution in [0.25, 0.3) is 0 Å². The number of carbonyl (C=O) groups excluding carboxylic acids is 1. The standard InChI is InChI=1S/C17H21F2NO2/c1-3-22-16(21)14-11-17(18,19)10-9-15(14)20-12(2)13-7-5-4-6-8-13/h4-8,12,20H,3,9-11H2,1-2H3/t12-/m0/s1. The summed E-state index contributed by atoms with van der Waals surface area (Å²) in [6.07, 6.45) is -0.659. The highest BCUT2D eigenvalue weighted by Crippen LogP contribution is 2.37. The van der Waals surface area contributed by atoms with E-state index in [-0.39, 0.29) is 31.1 Å². The fraction of sp³-hybridized carbons (Fsp3) is 0.471. The van der Waals surface area contributed by atoms with Gasteiger partial charge >= 0.3 is 5.97 Å². The zero-order valence-electron chi connectivity index (χ0n) is 12.9. The molecule has 0 spiro atoms. The smallest absolute Gasteiger partial charge is 0.335 e. The number of esters is 1. The molecule has 1 N–H and O–H groups in total. The van der Waals surface area contributed by atoms with Crippen LogP contribution in [-0.2, 0) is 9.53 Å². The summed E-state index contributed by atoms with van der Waals surface area (Å²) in [6.45, 7) is 3.78. The molecule has 0 radical (unpaired) electrons. The van der Waals surface area contributed by atoms with Gasteiger partial charge in [0.05, 0.1) is 12.2 Å². The van der Waals surface area contributed by atoms with Crippen molar-refractivity contribution in [2.75, 3.05) is 6.61 Å². The first-order chi connectivity index (χ1) is 10.4. The zero-order chi connectivity index (χ0) is 16.2. The van der Waals surface area contributed by atoms with Gasteiger partial charge in [-0.3, -0.25) is 0 Å². The Balaban J connectivity index is 2.22. The monoisotopic (exact) mass is 309 g/mol. The number of alkyl halides is 2. The Kier molecular flexibility index (Phi) is 5.16. The molecule has 3 nitrogen and oxygen atoms in total. The molecule has 0 saturated heterocycles. The number of halogens is 2. The number of ether oxygens (including phenoxy) is 1. The normalized spacial score (nSPS) is 18.7. The van der Waals surface area contributed by atoms with Gasteiger partial charge in [-0.25, -0.2) is 13.6 Å². The number of carbonyl (C=O) groups is 1. The number of hydrogen-bond acceptors (Lipinski definition) is 3. The maximum Gasteiger partial charge on any atom is 0.335 e. The number of benzene rings is 1. The molecule has 0 saturated carbocycles. The van der Waals surface area contributed by atoms with Crippen molar-refractivity contribution in [2.24, 2.45) is 0 Å². The minimum absolute atomic E-state index is 0.0626. The molecule has 1 aromatic rings. The van der Waals surface area contributed by atoms with Crippen LogP contribution in [0.1, 0.15) is 44.7 Å². The Labute approximate surface area is 129 Å². The van der Waals surface area contributed by atoms with Gasteiger partial charge in [-0.15, -0.1) is 0 Å². The lowest BCUT2D eigenvalue weighted by Gasteiger charge is -2.28. The highest BCUT2D eigenvalue weighted by Gasteiger charge is 2.38. The highest BCUT2D eigenvalue weighted by atomic mass is 19.3. The molecular formula is C17H21F2NO2. The number of allylic oxidation sites excluding steroid dienone is 1. The van der Waals surface area contributed by atoms with Gasteiger partial charge in [-0.05, 0) is 25.8 Å². The quantitative estimate of drug-likeness (QED) is 0.836. The average molecular weight is 309 g/mol. The van der Waals surface area contributed by atoms with E-state index < -0.39 is 18.3 Å². The van der Waals surface area contributed by atoms with E-state index in [9.17, 15) is 13.6 Å². The van der Waals surface area contributed by atoms with Crippen molar-refractivity contribution in [1.29, 1.82) is 0 Å². The predicted octanol–water partition coefficient (Wildman–Crippen LogP) is 3.97. The van der Waals surface area contributed by atoms with Crippen molar-refractivity contribution < 1.29 is 18.3 Å². The summed E-state index contributed by atoms with van der Waals surface area (Å²) < 4.78 is 32.2. The van der Waals surface area contributed by atoms with E-state index in [4.69, 9.17) is 4.74 Å². The lowest BCUT2D eigenvalue weighted by Crippen LogP contribution is -2.32. The van der Waals surface area contributed by atoms with Crippen molar-refractivity contribution in [3.8, 4) is 0 Å². The molecule has 1 aromatic carbocycles. The molecule has 1 atom stereocenters. The van der Waals surface area contributed by atoms with Crippen LogP contribution in [0.2, 0.25) is 0 Å². The van der Waals surface area contributed by atoms with Gasteiger partial charge < -0.3 is 10.1 Å². The minimum atomic E-state index is -2.84. The molecule has 0 aliphatic heterocycles. The average Bonchev–Trinajstić information content (AvgIpc) is 2.50. The summed E-state index contributed by atoms with van der Waals surface area (Å²) in [7, 11) is 0. The van der Waals surface area contributed by atoms with Crippen molar-refractivity contribution >= 4 is 5.97 Å². The molecule has 1 aliphatic carbocycles. The first-order valence-electron chi connectivity index (χ1n) is 7.51. The van der Waals surface area contributed by atoms with E-state index in [1.54, 1.807) is 6.92 Å². The third-order valence-electron chi connectivity index (χ3n) is 3.75. The van der Waals surface area contributed by atoms with Gasteiger partial charge in [0, 0.05) is 24.6 Å². The first kappa shape index (κ1) is 16.5. The summed E-state index contributed by atoms with van der Waals surface area (Å²) in [5.74, 6) is -3.49. The Hall–Kier alpha value is -1.91. The van der Waals surface area contributed by atoms with Crippen molar-refractivity contribution in [1.82, 2.24) is 5.32 Å². The van der Waals surface area contributed by atoms with Gasteiger partial charge in [0.1, 0.15) is 0 Å². The summed E-state index contributed by atoms with van der Waals surface area (Å²) in [5.41, 5.74) is 1.68. The van der Waals surface area contributed by atoms with Crippen LogP contribution >= 0.6 is 0 Å². The summed E-state index contributed by atoms with van der Waals surface area (Å²) in [6, 6.07) is 9.61. The fourth-order valence-corrected chi connectivity index (χ4v) is 2.57. The Bertz CT molecular complexity index is 555. The van der Waals surface area contributed by atoms with E-state index >= 15 is 0 Å². The SMILES string of the molecule is CCOC(=O)C1=C(N[C@@H](C)c2ccccc2)CCC(F)(F)C1. The molecule has 0 heterocycles. The fourth-order valence-electron chi connectivity index (χ4n) is 2.57. The second kappa shape index (κ2) is 6.90. The van der Waals surface area contributed by atoms with Gasteiger partial charge in [0.2, 0.25) is 0 Å². The Morgan fingerprint density at radius 3 is 2.68 bits per heavy atom. The molecule has 120 valence electrons. The second-order valence-electron chi connectivity index (χ2n) is 5.49. The minimum Gasteiger partial charge on any atom is -0.463 e. The van der Waals surface area contributed by atoms with Gasteiger partial charge in [-0.1, -0.05) is 30.3 Å². The molecular weight excluding hydrogens is 288 g/mol. The molecule has 0 fully saturated rings. The molecule has 2 rings (SSSR count). The van der Waals surface area contributed by atoms with Crippen LogP contribution in [0.3, 0.4) is 0 Å². The van der Waals surface area contributed by atoms with Crippen LogP contribution in [0, 0.1) is 0 Å². The van der Waals surface area contributed by atoms with Crippen LogP contribution in [0.15, 0.2) is 41.6 Å². The van der Waals surface area contributed by atoms with Crippen LogP contribution < -0.4 is 5.32 Å². The molecule has 0 aromatic heterocycles. The van der Waals surface area contributed by atoms with Crippen molar-refractivity contribution in [2.45, 2.75) is 45.1 Å². The molecule has 0 bridgehead atoms. The lowest BCUT2D eigenvalue weighted by atomic mass is 9.92. The van der Waals surface area contributed by atoms with Crippen molar-refractivity contribution in [3.63, 3.8) is 0 Å². The van der Waals surface area contributed by atoms with E-state index in [1.807, 2.05) is 37.3 Å². The van der Waals surface area contributed by atoms with Gasteiger partial charge in [-0.2, -0.15) is 0 Å². The van der Waals surface area contributed by atoms with Crippen LogP contribution in [0.4, 0.5) is 8.78 Å². The largest absolute Gasteiger partial charge is 0.463 e. The maximum atomic E-state index is 13.6.